The van der Waals surface area contributed by atoms with Crippen molar-refractivity contribution in [2.75, 3.05) is 0 Å². The maximum absolute atomic E-state index is 10.7. The summed E-state index contributed by atoms with van der Waals surface area (Å²) in [4.78, 5) is 10.7. The largest absolute Gasteiger partial charge is 0.488 e. The van der Waals surface area contributed by atoms with Crippen molar-refractivity contribution in [1.82, 2.24) is 0 Å². The first kappa shape index (κ1) is 9.95. The molecule has 1 aliphatic carbocycles. The monoisotopic (exact) mass is 204 g/mol. The second-order valence-corrected chi connectivity index (χ2v) is 3.48. The Bertz CT molecular complexity index is 451. The van der Waals surface area contributed by atoms with Crippen molar-refractivity contribution >= 4 is 24.6 Å². The summed E-state index contributed by atoms with van der Waals surface area (Å²) < 4.78 is 0. The van der Waals surface area contributed by atoms with E-state index in [2.05, 4.69) is 0 Å². The average Bonchev–Trinajstić information content (AvgIpc) is 2.59. The second-order valence-electron chi connectivity index (χ2n) is 3.48. The quantitative estimate of drug-likeness (QED) is 0.561. The third kappa shape index (κ3) is 1.79. The van der Waals surface area contributed by atoms with E-state index >= 15 is 0 Å². The van der Waals surface area contributed by atoms with E-state index in [9.17, 15) is 4.79 Å². The summed E-state index contributed by atoms with van der Waals surface area (Å²) in [7, 11) is -1.51. The third-order valence-corrected chi connectivity index (χ3v) is 2.45. The minimum Gasteiger partial charge on any atom is -0.478 e. The zero-order chi connectivity index (χ0) is 11.0. The van der Waals surface area contributed by atoms with E-state index in [0.717, 1.165) is 11.1 Å². The lowest BCUT2D eigenvalue weighted by atomic mass is 9.79. The summed E-state index contributed by atoms with van der Waals surface area (Å²) in [6.07, 6.45) is 1.94. The molecule has 0 fully saturated rings. The number of hydrogen-bond acceptors (Lipinski definition) is 3. The van der Waals surface area contributed by atoms with Crippen molar-refractivity contribution in [3.8, 4) is 0 Å². The molecule has 0 aliphatic heterocycles. The molecule has 0 bridgehead atoms. The second kappa shape index (κ2) is 3.53. The number of benzene rings is 1. The van der Waals surface area contributed by atoms with Gasteiger partial charge in [-0.25, -0.2) is 4.79 Å². The molecule has 0 atom stereocenters. The summed E-state index contributed by atoms with van der Waals surface area (Å²) >= 11 is 0. The molecule has 1 aromatic rings. The molecule has 4 nitrogen and oxygen atoms in total. The Labute approximate surface area is 86.6 Å². The molecule has 0 spiro atoms. The SMILES string of the molecule is O=C(O)C1=Cc2ccc(B(O)O)cc2C1. The van der Waals surface area contributed by atoms with Gasteiger partial charge in [-0.15, -0.1) is 0 Å². The van der Waals surface area contributed by atoms with Gasteiger partial charge in [0.1, 0.15) is 0 Å². The number of aliphatic carboxylic acids is 1. The van der Waals surface area contributed by atoms with Gasteiger partial charge in [-0.2, -0.15) is 0 Å². The zero-order valence-corrected chi connectivity index (χ0v) is 7.84. The molecule has 2 rings (SSSR count). The normalized spacial score (nSPS) is 13.3. The smallest absolute Gasteiger partial charge is 0.478 e. The van der Waals surface area contributed by atoms with Crippen LogP contribution in [0.15, 0.2) is 23.8 Å². The molecule has 1 aromatic carbocycles. The molecule has 0 radical (unpaired) electrons. The number of carbonyl (C=O) groups is 1. The third-order valence-electron chi connectivity index (χ3n) is 2.45. The van der Waals surface area contributed by atoms with Crippen LogP contribution in [0.3, 0.4) is 0 Å². The van der Waals surface area contributed by atoms with Gasteiger partial charge < -0.3 is 15.2 Å². The molecule has 3 N–H and O–H groups in total. The number of hydrogen-bond donors (Lipinski definition) is 3. The molecule has 5 heteroatoms. The maximum atomic E-state index is 10.7. The summed E-state index contributed by atoms with van der Waals surface area (Å²) in [5.41, 5.74) is 2.36. The van der Waals surface area contributed by atoms with Crippen LogP contribution < -0.4 is 5.46 Å². The van der Waals surface area contributed by atoms with Crippen molar-refractivity contribution in [2.45, 2.75) is 6.42 Å². The van der Waals surface area contributed by atoms with Crippen LogP contribution in [0.2, 0.25) is 0 Å². The van der Waals surface area contributed by atoms with Crippen LogP contribution in [-0.4, -0.2) is 28.2 Å². The molecule has 0 saturated carbocycles. The predicted molar refractivity (Wildman–Crippen MR) is 55.6 cm³/mol. The van der Waals surface area contributed by atoms with Crippen molar-refractivity contribution in [3.63, 3.8) is 0 Å². The van der Waals surface area contributed by atoms with Gasteiger partial charge >= 0.3 is 13.1 Å². The van der Waals surface area contributed by atoms with Gasteiger partial charge in [-0.1, -0.05) is 18.2 Å². The molecule has 1 aliphatic rings. The lowest BCUT2D eigenvalue weighted by molar-refractivity contribution is -0.132. The van der Waals surface area contributed by atoms with Gasteiger partial charge in [0.2, 0.25) is 0 Å². The maximum Gasteiger partial charge on any atom is 0.488 e. The molecule has 0 saturated heterocycles. The van der Waals surface area contributed by atoms with E-state index in [4.69, 9.17) is 15.2 Å². The van der Waals surface area contributed by atoms with E-state index in [0.29, 0.717) is 17.5 Å². The van der Waals surface area contributed by atoms with E-state index in [1.54, 1.807) is 24.3 Å². The predicted octanol–water partition coefficient (Wildman–Crippen LogP) is -0.610. The summed E-state index contributed by atoms with van der Waals surface area (Å²) in [6.45, 7) is 0. The van der Waals surface area contributed by atoms with Crippen LogP contribution in [0.1, 0.15) is 11.1 Å². The highest BCUT2D eigenvalue weighted by molar-refractivity contribution is 6.58. The van der Waals surface area contributed by atoms with Crippen LogP contribution in [-0.2, 0) is 11.2 Å². The highest BCUT2D eigenvalue weighted by Crippen LogP contribution is 2.23. The highest BCUT2D eigenvalue weighted by Gasteiger charge is 2.20. The van der Waals surface area contributed by atoms with Crippen molar-refractivity contribution in [1.29, 1.82) is 0 Å². The fourth-order valence-corrected chi connectivity index (χ4v) is 1.66. The minimum absolute atomic E-state index is 0.328. The summed E-state index contributed by atoms with van der Waals surface area (Å²) in [5.74, 6) is -0.933. The Morgan fingerprint density at radius 1 is 1.33 bits per heavy atom. The first-order chi connectivity index (χ1) is 7.08. The zero-order valence-electron chi connectivity index (χ0n) is 7.84. The average molecular weight is 204 g/mol. The first-order valence-electron chi connectivity index (χ1n) is 4.51. The van der Waals surface area contributed by atoms with Crippen LogP contribution in [0.5, 0.6) is 0 Å². The van der Waals surface area contributed by atoms with Gasteiger partial charge in [-0.3, -0.25) is 0 Å². The molecule has 0 unspecified atom stereocenters. The van der Waals surface area contributed by atoms with Gasteiger partial charge in [0.25, 0.3) is 0 Å². The molecular formula is C10H9BO4. The summed E-state index contributed by atoms with van der Waals surface area (Å²) in [6, 6.07) is 4.89. The fourth-order valence-electron chi connectivity index (χ4n) is 1.66. The number of fused-ring (bicyclic) bond motifs is 1. The lowest BCUT2D eigenvalue weighted by Gasteiger charge is -2.02. The standard InChI is InChI=1S/C10H9BO4/c12-10(13)8-3-6-1-2-9(11(14)15)5-7(6)4-8/h1-3,5,14-15H,4H2,(H,12,13). The molecular weight excluding hydrogens is 195 g/mol. The van der Waals surface area contributed by atoms with E-state index in [1.165, 1.54) is 0 Å². The molecule has 0 aromatic heterocycles. The van der Waals surface area contributed by atoms with Crippen molar-refractivity contribution < 1.29 is 19.9 Å². The number of rotatable bonds is 2. The molecule has 15 heavy (non-hydrogen) atoms. The number of carboxylic acids is 1. The summed E-state index contributed by atoms with van der Waals surface area (Å²) in [5, 5.41) is 26.7. The lowest BCUT2D eigenvalue weighted by Crippen LogP contribution is -2.30. The van der Waals surface area contributed by atoms with Crippen LogP contribution >= 0.6 is 0 Å². The van der Waals surface area contributed by atoms with Gasteiger partial charge in [0, 0.05) is 12.0 Å². The number of carboxylic acid groups (broad SMARTS) is 1. The Kier molecular flexibility index (Phi) is 2.34. The van der Waals surface area contributed by atoms with Crippen LogP contribution in [0, 0.1) is 0 Å². The first-order valence-corrected chi connectivity index (χ1v) is 4.51. The highest BCUT2D eigenvalue weighted by atomic mass is 16.4. The Balaban J connectivity index is 2.34. The van der Waals surface area contributed by atoms with E-state index < -0.39 is 13.1 Å². The Hall–Kier alpha value is -1.59. The van der Waals surface area contributed by atoms with Crippen LogP contribution in [0.4, 0.5) is 0 Å². The Morgan fingerprint density at radius 2 is 2.07 bits per heavy atom. The molecule has 0 amide bonds. The minimum atomic E-state index is -1.51. The van der Waals surface area contributed by atoms with Crippen LogP contribution in [0.25, 0.3) is 6.08 Å². The van der Waals surface area contributed by atoms with Gasteiger partial charge in [0.05, 0.1) is 0 Å². The van der Waals surface area contributed by atoms with E-state index in [-0.39, 0.29) is 0 Å². The molecule has 0 heterocycles. The molecule has 76 valence electrons. The van der Waals surface area contributed by atoms with Gasteiger partial charge in [-0.05, 0) is 22.7 Å². The van der Waals surface area contributed by atoms with Crippen molar-refractivity contribution in [3.05, 3.63) is 34.9 Å². The van der Waals surface area contributed by atoms with E-state index in [1.807, 2.05) is 0 Å². The van der Waals surface area contributed by atoms with Crippen molar-refractivity contribution in [2.24, 2.45) is 0 Å². The van der Waals surface area contributed by atoms with Gasteiger partial charge in [0.15, 0.2) is 0 Å². The Morgan fingerprint density at radius 3 is 2.67 bits per heavy atom. The fraction of sp³-hybridized carbons (Fsp3) is 0.100. The topological polar surface area (TPSA) is 77.8 Å².